The van der Waals surface area contributed by atoms with Crippen molar-refractivity contribution in [3.63, 3.8) is 0 Å². The number of rotatable bonds is 2. The van der Waals surface area contributed by atoms with E-state index in [4.69, 9.17) is 9.47 Å². The maximum absolute atomic E-state index is 12.7. The molecule has 4 rings (SSSR count). The van der Waals surface area contributed by atoms with Crippen LogP contribution in [0.15, 0.2) is 24.3 Å². The van der Waals surface area contributed by atoms with Gasteiger partial charge in [-0.15, -0.1) is 0 Å². The van der Waals surface area contributed by atoms with Crippen LogP contribution in [0, 0.1) is 12.8 Å². The number of nitrogens with one attached hydrogen (secondary N) is 2. The van der Waals surface area contributed by atoms with E-state index in [0.29, 0.717) is 19.8 Å². The second-order valence-electron chi connectivity index (χ2n) is 7.18. The molecule has 2 saturated heterocycles. The van der Waals surface area contributed by atoms with Gasteiger partial charge in [-0.1, -0.05) is 0 Å². The third-order valence-corrected chi connectivity index (χ3v) is 5.32. The number of aromatic nitrogens is 1. The molecule has 2 aromatic rings. The van der Waals surface area contributed by atoms with Gasteiger partial charge >= 0.3 is 6.03 Å². The van der Waals surface area contributed by atoms with E-state index in [0.717, 1.165) is 41.7 Å². The first-order valence-corrected chi connectivity index (χ1v) is 8.97. The van der Waals surface area contributed by atoms with Crippen molar-refractivity contribution >= 4 is 22.6 Å². The molecule has 0 spiro atoms. The second-order valence-corrected chi connectivity index (χ2v) is 7.18. The average molecular weight is 343 g/mol. The number of carbonyl (C=O) groups excluding carboxylic acids is 1. The number of likely N-dealkylation sites (tertiary alicyclic amines) is 1. The van der Waals surface area contributed by atoms with Gasteiger partial charge in [-0.25, -0.2) is 4.79 Å². The molecule has 0 bridgehead atoms. The molecule has 0 unspecified atom stereocenters. The van der Waals surface area contributed by atoms with E-state index < -0.39 is 5.79 Å². The third-order valence-electron chi connectivity index (χ3n) is 5.32. The smallest absolute Gasteiger partial charge is 0.321 e. The van der Waals surface area contributed by atoms with Gasteiger partial charge in [0.1, 0.15) is 0 Å². The van der Waals surface area contributed by atoms with Crippen LogP contribution in [0.4, 0.5) is 10.5 Å². The van der Waals surface area contributed by atoms with Gasteiger partial charge < -0.3 is 24.7 Å². The van der Waals surface area contributed by atoms with Crippen molar-refractivity contribution in [1.82, 2.24) is 9.88 Å². The zero-order valence-corrected chi connectivity index (χ0v) is 14.8. The predicted molar refractivity (Wildman–Crippen MR) is 96.7 cm³/mol. The quantitative estimate of drug-likeness (QED) is 0.877. The summed E-state index contributed by atoms with van der Waals surface area (Å²) in [5.74, 6) is -0.343. The SMILES string of the molecule is Cc1cc2cc(NC(=O)N3CCC[C@H](C4(C)OCCO4)C3)ccc2[nH]1. The number of ether oxygens (including phenoxy) is 2. The van der Waals surface area contributed by atoms with Crippen LogP contribution in [0.25, 0.3) is 10.9 Å². The minimum absolute atomic E-state index is 0.0575. The number of aromatic amines is 1. The number of benzene rings is 1. The van der Waals surface area contributed by atoms with Crippen LogP contribution in [0.3, 0.4) is 0 Å². The molecule has 1 atom stereocenters. The van der Waals surface area contributed by atoms with Crippen LogP contribution in [0.5, 0.6) is 0 Å². The molecule has 134 valence electrons. The zero-order valence-electron chi connectivity index (χ0n) is 14.8. The van der Waals surface area contributed by atoms with Gasteiger partial charge in [0.2, 0.25) is 0 Å². The Bertz CT molecular complexity index is 779. The monoisotopic (exact) mass is 343 g/mol. The number of carbonyl (C=O) groups is 1. The highest BCUT2D eigenvalue weighted by Crippen LogP contribution is 2.34. The molecule has 2 N–H and O–H groups in total. The summed E-state index contributed by atoms with van der Waals surface area (Å²) in [6.07, 6.45) is 1.99. The van der Waals surface area contributed by atoms with Gasteiger partial charge in [-0.3, -0.25) is 0 Å². The van der Waals surface area contributed by atoms with Crippen molar-refractivity contribution < 1.29 is 14.3 Å². The lowest BCUT2D eigenvalue weighted by molar-refractivity contribution is -0.189. The standard InChI is InChI=1S/C19H25N3O3/c1-13-10-14-11-16(5-6-17(14)20-13)21-18(23)22-7-3-4-15(12-22)19(2)24-8-9-25-19/h5-6,10-11,15,20H,3-4,7-9,12H2,1-2H3,(H,21,23)/t15-/m0/s1. The van der Waals surface area contributed by atoms with Gasteiger partial charge in [-0.2, -0.15) is 0 Å². The summed E-state index contributed by atoms with van der Waals surface area (Å²) in [6.45, 7) is 6.72. The molecule has 2 aliphatic heterocycles. The largest absolute Gasteiger partial charge is 0.359 e. The van der Waals surface area contributed by atoms with Gasteiger partial charge in [0, 0.05) is 41.3 Å². The number of piperidine rings is 1. The summed E-state index contributed by atoms with van der Waals surface area (Å²) in [5, 5.41) is 4.13. The Morgan fingerprint density at radius 2 is 2.12 bits per heavy atom. The molecule has 1 aromatic carbocycles. The van der Waals surface area contributed by atoms with Gasteiger partial charge in [0.05, 0.1) is 13.2 Å². The minimum atomic E-state index is -0.555. The van der Waals surface area contributed by atoms with E-state index in [-0.39, 0.29) is 11.9 Å². The Balaban J connectivity index is 1.44. The first kappa shape index (κ1) is 16.4. The molecule has 6 nitrogen and oxygen atoms in total. The summed E-state index contributed by atoms with van der Waals surface area (Å²) in [6, 6.07) is 7.96. The van der Waals surface area contributed by atoms with Crippen molar-refractivity contribution in [1.29, 1.82) is 0 Å². The molecule has 2 amide bonds. The van der Waals surface area contributed by atoms with E-state index in [9.17, 15) is 4.79 Å². The number of nitrogens with zero attached hydrogens (tertiary/aromatic N) is 1. The van der Waals surface area contributed by atoms with E-state index >= 15 is 0 Å². The van der Waals surface area contributed by atoms with Crippen LogP contribution in [-0.2, 0) is 9.47 Å². The number of hydrogen-bond acceptors (Lipinski definition) is 3. The highest BCUT2D eigenvalue weighted by atomic mass is 16.7. The third kappa shape index (κ3) is 3.24. The summed E-state index contributed by atoms with van der Waals surface area (Å²) in [4.78, 5) is 17.9. The van der Waals surface area contributed by atoms with Crippen LogP contribution in [0.1, 0.15) is 25.5 Å². The molecule has 2 fully saturated rings. The topological polar surface area (TPSA) is 66.6 Å². The predicted octanol–water partition coefficient (Wildman–Crippen LogP) is 3.48. The number of urea groups is 1. The fourth-order valence-corrected chi connectivity index (χ4v) is 3.91. The average Bonchev–Trinajstić information content (AvgIpc) is 3.20. The lowest BCUT2D eigenvalue weighted by atomic mass is 9.90. The molecule has 25 heavy (non-hydrogen) atoms. The van der Waals surface area contributed by atoms with Crippen LogP contribution in [-0.4, -0.2) is 48.0 Å². The maximum atomic E-state index is 12.7. The second kappa shape index (κ2) is 6.35. The first-order chi connectivity index (χ1) is 12.0. The van der Waals surface area contributed by atoms with E-state index in [2.05, 4.69) is 16.4 Å². The Labute approximate surface area is 147 Å². The summed E-state index contributed by atoms with van der Waals surface area (Å²) in [7, 11) is 0. The summed E-state index contributed by atoms with van der Waals surface area (Å²) in [5.41, 5.74) is 3.01. The molecular formula is C19H25N3O3. The molecule has 0 radical (unpaired) electrons. The van der Waals surface area contributed by atoms with E-state index in [1.54, 1.807) is 0 Å². The van der Waals surface area contributed by atoms with Crippen molar-refractivity contribution in [2.75, 3.05) is 31.6 Å². The molecule has 0 saturated carbocycles. The molecular weight excluding hydrogens is 318 g/mol. The molecule has 0 aliphatic carbocycles. The lowest BCUT2D eigenvalue weighted by Crippen LogP contribution is -2.49. The van der Waals surface area contributed by atoms with Crippen LogP contribution in [0.2, 0.25) is 0 Å². The first-order valence-electron chi connectivity index (χ1n) is 8.97. The van der Waals surface area contributed by atoms with E-state index in [1.807, 2.05) is 36.9 Å². The van der Waals surface area contributed by atoms with Crippen molar-refractivity contribution in [2.24, 2.45) is 5.92 Å². The maximum Gasteiger partial charge on any atom is 0.321 e. The Morgan fingerprint density at radius 3 is 2.92 bits per heavy atom. The van der Waals surface area contributed by atoms with Crippen molar-refractivity contribution in [3.8, 4) is 0 Å². The highest BCUT2D eigenvalue weighted by molar-refractivity contribution is 5.93. The number of amides is 2. The summed E-state index contributed by atoms with van der Waals surface area (Å²) >= 11 is 0. The fraction of sp³-hybridized carbons (Fsp3) is 0.526. The highest BCUT2D eigenvalue weighted by Gasteiger charge is 2.42. The number of H-pyrrole nitrogens is 1. The van der Waals surface area contributed by atoms with Gasteiger partial charge in [0.15, 0.2) is 5.79 Å². The number of hydrogen-bond donors (Lipinski definition) is 2. The Morgan fingerprint density at radius 1 is 1.32 bits per heavy atom. The van der Waals surface area contributed by atoms with Crippen LogP contribution < -0.4 is 5.32 Å². The van der Waals surface area contributed by atoms with E-state index in [1.165, 1.54) is 0 Å². The number of aryl methyl sites for hydroxylation is 1. The lowest BCUT2D eigenvalue weighted by Gasteiger charge is -2.39. The summed E-state index contributed by atoms with van der Waals surface area (Å²) < 4.78 is 11.6. The number of anilines is 1. The molecule has 3 heterocycles. The Hall–Kier alpha value is -2.05. The zero-order chi connectivity index (χ0) is 17.4. The minimum Gasteiger partial charge on any atom is -0.359 e. The van der Waals surface area contributed by atoms with Crippen molar-refractivity contribution in [2.45, 2.75) is 32.5 Å². The van der Waals surface area contributed by atoms with Crippen LogP contribution >= 0.6 is 0 Å². The normalized spacial score (nSPS) is 23.1. The fourth-order valence-electron chi connectivity index (χ4n) is 3.91. The van der Waals surface area contributed by atoms with Gasteiger partial charge in [0.25, 0.3) is 0 Å². The number of fused-ring (bicyclic) bond motifs is 1. The molecule has 6 heteroatoms. The van der Waals surface area contributed by atoms with Crippen molar-refractivity contribution in [3.05, 3.63) is 30.0 Å². The van der Waals surface area contributed by atoms with Gasteiger partial charge in [-0.05, 0) is 51.0 Å². The Kier molecular flexibility index (Phi) is 4.17. The molecule has 2 aliphatic rings. The molecule has 1 aromatic heterocycles.